The van der Waals surface area contributed by atoms with Gasteiger partial charge in [0.2, 0.25) is 12.2 Å². The van der Waals surface area contributed by atoms with E-state index in [2.05, 4.69) is 0 Å². The predicted octanol–water partition coefficient (Wildman–Crippen LogP) is 6.81. The minimum absolute atomic E-state index is 0.109. The summed E-state index contributed by atoms with van der Waals surface area (Å²) in [5.74, 6) is -0.277. The van der Waals surface area contributed by atoms with Crippen molar-refractivity contribution in [2.24, 2.45) is 5.92 Å². The van der Waals surface area contributed by atoms with E-state index < -0.39 is 30.3 Å². The number of hydrogen-bond acceptors (Lipinski definition) is 9. The van der Waals surface area contributed by atoms with Gasteiger partial charge in [-0.2, -0.15) is 0 Å². The fraction of sp³-hybridized carbons (Fsp3) is 0.238. The fourth-order valence-corrected chi connectivity index (χ4v) is 5.68. The van der Waals surface area contributed by atoms with Crippen LogP contribution in [0.1, 0.15) is 33.9 Å². The second kappa shape index (κ2) is 17.8. The first-order valence-corrected chi connectivity index (χ1v) is 17.0. The van der Waals surface area contributed by atoms with Gasteiger partial charge in [0, 0.05) is 17.2 Å². The summed E-state index contributed by atoms with van der Waals surface area (Å²) < 4.78 is 28.0. The van der Waals surface area contributed by atoms with Crippen molar-refractivity contribution in [1.29, 1.82) is 0 Å². The molecule has 11 heteroatoms. The Morgan fingerprint density at radius 2 is 1.34 bits per heavy atom. The molecule has 1 aliphatic heterocycles. The van der Waals surface area contributed by atoms with Crippen molar-refractivity contribution in [1.82, 2.24) is 0 Å². The summed E-state index contributed by atoms with van der Waals surface area (Å²) in [6.07, 6.45) is -3.44. The number of aliphatic hydroxyl groups excluding tert-OH is 1. The second-order valence-corrected chi connectivity index (χ2v) is 12.6. The maximum Gasteiger partial charge on any atom is 0.349 e. The third kappa shape index (κ3) is 10.4. The van der Waals surface area contributed by atoms with Crippen molar-refractivity contribution >= 4 is 17.6 Å². The van der Waals surface area contributed by atoms with Gasteiger partial charge in [0.1, 0.15) is 35.4 Å². The monoisotopic (exact) mass is 721 g/mol. The molecule has 11 nitrogen and oxygen atoms in total. The number of ether oxygens (including phenoxy) is 5. The fourth-order valence-electron chi connectivity index (χ4n) is 5.68. The number of methoxy groups -OCH3 is 1. The lowest BCUT2D eigenvalue weighted by atomic mass is 9.87. The third-order valence-electron chi connectivity index (χ3n) is 8.56. The summed E-state index contributed by atoms with van der Waals surface area (Å²) in [5, 5.41) is 29.7. The number of carboxylic acid groups (broad SMARTS) is 2. The average molecular weight is 722 g/mol. The molecule has 0 saturated carbocycles. The summed E-state index contributed by atoms with van der Waals surface area (Å²) in [7, 11) is 1.63. The zero-order chi connectivity index (χ0) is 37.9. The summed E-state index contributed by atoms with van der Waals surface area (Å²) >= 11 is 0. The molecule has 0 amide bonds. The van der Waals surface area contributed by atoms with Gasteiger partial charge in [-0.1, -0.05) is 65.7 Å². The number of nitrogens with two attached hydrogens (primary N) is 1. The number of aryl methyl sites for hydroxylation is 2. The Morgan fingerprint density at radius 3 is 1.89 bits per heavy atom. The van der Waals surface area contributed by atoms with Crippen LogP contribution < -0.4 is 29.4 Å². The molecule has 0 fully saturated rings. The molecule has 0 unspecified atom stereocenters. The third-order valence-corrected chi connectivity index (χ3v) is 8.56. The maximum atomic E-state index is 11.5. The van der Waals surface area contributed by atoms with Gasteiger partial charge in [-0.25, -0.2) is 9.59 Å². The van der Waals surface area contributed by atoms with Crippen LogP contribution in [0.4, 0.5) is 5.69 Å². The first kappa shape index (κ1) is 38.0. The van der Waals surface area contributed by atoms with Gasteiger partial charge in [-0.05, 0) is 92.1 Å². The van der Waals surface area contributed by atoms with Gasteiger partial charge >= 0.3 is 11.9 Å². The van der Waals surface area contributed by atoms with Crippen LogP contribution in [0.3, 0.4) is 0 Å². The molecule has 53 heavy (non-hydrogen) atoms. The van der Waals surface area contributed by atoms with Crippen molar-refractivity contribution in [2.45, 2.75) is 45.2 Å². The van der Waals surface area contributed by atoms with E-state index in [4.69, 9.17) is 29.4 Å². The van der Waals surface area contributed by atoms with E-state index in [1.165, 1.54) is 0 Å². The quantitative estimate of drug-likeness (QED) is 0.0944. The molecule has 1 aliphatic rings. The van der Waals surface area contributed by atoms with Crippen molar-refractivity contribution in [3.8, 4) is 28.7 Å². The Hall–Kier alpha value is -6.20. The molecule has 5 aromatic rings. The van der Waals surface area contributed by atoms with Crippen LogP contribution in [0.5, 0.6) is 28.7 Å². The number of carboxylic acids is 2. The number of carbonyl (C=O) groups is 2. The predicted molar refractivity (Wildman–Crippen MR) is 199 cm³/mol. The van der Waals surface area contributed by atoms with E-state index in [-0.39, 0.29) is 17.4 Å². The molecule has 5 aromatic carbocycles. The van der Waals surface area contributed by atoms with E-state index in [9.17, 15) is 24.9 Å². The van der Waals surface area contributed by atoms with Crippen LogP contribution in [0.2, 0.25) is 0 Å². The summed E-state index contributed by atoms with van der Waals surface area (Å²) in [4.78, 5) is 23.0. The van der Waals surface area contributed by atoms with Crippen LogP contribution in [0.25, 0.3) is 0 Å². The number of anilines is 1. The maximum absolute atomic E-state index is 11.5. The number of fused-ring (bicyclic) bond motifs is 1. The molecule has 6 rings (SSSR count). The minimum atomic E-state index is -1.69. The van der Waals surface area contributed by atoms with Crippen LogP contribution in [-0.4, -0.2) is 53.2 Å². The lowest BCUT2D eigenvalue weighted by Crippen LogP contribution is -2.47. The van der Waals surface area contributed by atoms with Crippen molar-refractivity contribution in [3.63, 3.8) is 0 Å². The molecule has 276 valence electrons. The van der Waals surface area contributed by atoms with Crippen LogP contribution in [0.15, 0.2) is 115 Å². The highest BCUT2D eigenvalue weighted by atomic mass is 16.6. The molecular formula is C42H43NO10. The lowest BCUT2D eigenvalue weighted by molar-refractivity contribution is -0.161. The summed E-state index contributed by atoms with van der Waals surface area (Å²) in [5.41, 5.74) is 11.3. The Labute approximate surface area is 308 Å². The van der Waals surface area contributed by atoms with Crippen LogP contribution in [-0.2, 0) is 22.6 Å². The number of hydrogen-bond donors (Lipinski definition) is 4. The smallest absolute Gasteiger partial charge is 0.349 e. The molecule has 0 spiro atoms. The van der Waals surface area contributed by atoms with E-state index in [1.807, 2.05) is 80.6 Å². The highest BCUT2D eigenvalue weighted by Crippen LogP contribution is 2.40. The van der Waals surface area contributed by atoms with Gasteiger partial charge in [-0.15, -0.1) is 0 Å². The molecule has 4 atom stereocenters. The lowest BCUT2D eigenvalue weighted by Gasteiger charge is -2.31. The Morgan fingerprint density at radius 1 is 0.774 bits per heavy atom. The number of nitrogen functional groups attached to an aromatic ring is 1. The molecule has 5 N–H and O–H groups in total. The molecule has 0 aliphatic carbocycles. The number of aliphatic hydroxyl groups is 1. The average Bonchev–Trinajstić information content (AvgIpc) is 3.15. The normalized spacial score (nSPS) is 15.6. The molecule has 0 saturated heterocycles. The zero-order valence-corrected chi connectivity index (χ0v) is 29.7. The van der Waals surface area contributed by atoms with Crippen molar-refractivity contribution in [3.05, 3.63) is 143 Å². The summed E-state index contributed by atoms with van der Waals surface area (Å²) in [6.45, 7) is 4.65. The van der Waals surface area contributed by atoms with Crippen LogP contribution in [0, 0.1) is 19.8 Å². The topological polar surface area (TPSA) is 167 Å². The summed E-state index contributed by atoms with van der Waals surface area (Å²) in [6, 6.07) is 34.4. The van der Waals surface area contributed by atoms with E-state index >= 15 is 0 Å². The zero-order valence-electron chi connectivity index (χ0n) is 29.7. The Balaban J connectivity index is 0.000000209. The van der Waals surface area contributed by atoms with Gasteiger partial charge in [-0.3, -0.25) is 0 Å². The molecule has 0 bridgehead atoms. The van der Waals surface area contributed by atoms with Gasteiger partial charge in [0.05, 0.1) is 19.8 Å². The number of aliphatic carboxylic acids is 2. The number of rotatable bonds is 13. The van der Waals surface area contributed by atoms with Crippen LogP contribution >= 0.6 is 0 Å². The largest absolute Gasteiger partial charge is 0.496 e. The standard InChI is InChI=1S/C24H25NO4.C18H18O6/c1-27-22-9-7-19(25)12-17(22)11-18-15-29-23-10-8-20(13-21(23)24(18)26)28-14-16-5-3-2-4-6-16;1-11-3-7-13(8-4-11)23-15(17(19)20)16(18(21)22)24-14-9-5-12(2)6-10-14/h2-10,12-13,18,24,26H,11,14-15,25H2,1H3;3-10,15-16H,1-2H3,(H,19,20)(H,21,22)/t18-,24-;15-,16-/m01/s1. The highest BCUT2D eigenvalue weighted by molar-refractivity contribution is 5.84. The Bertz CT molecular complexity index is 1900. The SMILES string of the molecule is COc1ccc(N)cc1C[C@H]1COc2ccc(OCc3ccccc3)cc2[C@H]1O.Cc1ccc(O[C@@H](C(=O)O)[C@@H](Oc2ccc(C)cc2)C(=O)O)cc1. The molecule has 0 radical (unpaired) electrons. The first-order valence-electron chi connectivity index (χ1n) is 17.0. The van der Waals surface area contributed by atoms with Crippen molar-refractivity contribution in [2.75, 3.05) is 19.5 Å². The van der Waals surface area contributed by atoms with E-state index in [0.29, 0.717) is 36.8 Å². The molecule has 0 aromatic heterocycles. The van der Waals surface area contributed by atoms with Crippen molar-refractivity contribution < 1.29 is 48.6 Å². The van der Waals surface area contributed by atoms with E-state index in [0.717, 1.165) is 33.6 Å². The number of benzene rings is 5. The highest BCUT2D eigenvalue weighted by Gasteiger charge is 2.38. The van der Waals surface area contributed by atoms with Gasteiger partial charge < -0.3 is 44.7 Å². The molecular weight excluding hydrogens is 678 g/mol. The minimum Gasteiger partial charge on any atom is -0.496 e. The van der Waals surface area contributed by atoms with Gasteiger partial charge in [0.15, 0.2) is 0 Å². The second-order valence-electron chi connectivity index (χ2n) is 12.6. The molecule has 1 heterocycles. The first-order chi connectivity index (χ1) is 25.5. The van der Waals surface area contributed by atoms with Gasteiger partial charge in [0.25, 0.3) is 0 Å². The van der Waals surface area contributed by atoms with E-state index in [1.54, 1.807) is 55.6 Å². The Kier molecular flexibility index (Phi) is 12.8.